The fourth-order valence-corrected chi connectivity index (χ4v) is 2.40. The lowest BCUT2D eigenvalue weighted by molar-refractivity contribution is -0.384. The molecular weight excluding hydrogens is 274 g/mol. The number of nitrogens with zero attached hydrogens (tertiary/aromatic N) is 2. The van der Waals surface area contributed by atoms with E-state index < -0.39 is 11.0 Å². The van der Waals surface area contributed by atoms with E-state index in [-0.39, 0.29) is 12.2 Å². The zero-order valence-corrected chi connectivity index (χ0v) is 12.1. The molecule has 7 heteroatoms. The van der Waals surface area contributed by atoms with Gasteiger partial charge in [-0.3, -0.25) is 15.0 Å². The summed E-state index contributed by atoms with van der Waals surface area (Å²) in [6, 6.07) is 4.93. The van der Waals surface area contributed by atoms with Gasteiger partial charge in [-0.1, -0.05) is 12.1 Å². The van der Waals surface area contributed by atoms with Crippen molar-refractivity contribution in [3.8, 4) is 0 Å². The quantitative estimate of drug-likeness (QED) is 0.601. The summed E-state index contributed by atoms with van der Waals surface area (Å²) in [5, 5.41) is 24.1. The number of hydrogen-bond acceptors (Lipinski definition) is 6. The molecule has 1 unspecified atom stereocenters. The van der Waals surface area contributed by atoms with Gasteiger partial charge in [-0.05, 0) is 12.5 Å². The molecule has 0 saturated carbocycles. The minimum absolute atomic E-state index is 0.0357. The molecule has 1 atom stereocenters. The van der Waals surface area contributed by atoms with Crippen molar-refractivity contribution >= 4 is 11.4 Å². The Kier molecular flexibility index (Phi) is 5.49. The molecule has 1 aliphatic rings. The van der Waals surface area contributed by atoms with Crippen LogP contribution >= 0.6 is 0 Å². The van der Waals surface area contributed by atoms with Crippen LogP contribution in [0.15, 0.2) is 18.2 Å². The van der Waals surface area contributed by atoms with Crippen LogP contribution in [0.25, 0.3) is 0 Å². The van der Waals surface area contributed by atoms with Gasteiger partial charge in [0.2, 0.25) is 0 Å². The Morgan fingerprint density at radius 1 is 1.48 bits per heavy atom. The highest BCUT2D eigenvalue weighted by Gasteiger charge is 2.18. The van der Waals surface area contributed by atoms with Gasteiger partial charge in [0.1, 0.15) is 5.69 Å². The van der Waals surface area contributed by atoms with E-state index in [2.05, 4.69) is 10.2 Å². The predicted molar refractivity (Wildman–Crippen MR) is 79.6 cm³/mol. The number of nitro groups is 1. The Labute approximate surface area is 123 Å². The second-order valence-electron chi connectivity index (χ2n) is 5.17. The van der Waals surface area contributed by atoms with Gasteiger partial charge in [0.15, 0.2) is 0 Å². The second-order valence-corrected chi connectivity index (χ2v) is 5.17. The summed E-state index contributed by atoms with van der Waals surface area (Å²) in [5.74, 6) is 0. The van der Waals surface area contributed by atoms with E-state index in [1.807, 2.05) is 13.0 Å². The summed E-state index contributed by atoms with van der Waals surface area (Å²) in [4.78, 5) is 12.7. The monoisotopic (exact) mass is 295 g/mol. The number of aliphatic hydroxyl groups is 1. The molecular formula is C14H21N3O4. The maximum atomic E-state index is 11.0. The number of para-hydroxylation sites is 1. The molecule has 1 aromatic rings. The van der Waals surface area contributed by atoms with Crippen LogP contribution in [-0.2, 0) is 4.74 Å². The van der Waals surface area contributed by atoms with Gasteiger partial charge in [-0.25, -0.2) is 0 Å². The minimum atomic E-state index is -0.581. The van der Waals surface area contributed by atoms with Gasteiger partial charge < -0.3 is 15.2 Å². The van der Waals surface area contributed by atoms with Gasteiger partial charge in [0.05, 0.1) is 24.2 Å². The van der Waals surface area contributed by atoms with Crippen molar-refractivity contribution in [3.63, 3.8) is 0 Å². The van der Waals surface area contributed by atoms with Gasteiger partial charge in [0.25, 0.3) is 5.69 Å². The molecule has 21 heavy (non-hydrogen) atoms. The fourth-order valence-electron chi connectivity index (χ4n) is 2.40. The van der Waals surface area contributed by atoms with E-state index >= 15 is 0 Å². The number of nitrogens with one attached hydrogen (secondary N) is 1. The summed E-state index contributed by atoms with van der Waals surface area (Å²) in [5.41, 5.74) is 1.31. The molecule has 2 rings (SSSR count). The van der Waals surface area contributed by atoms with Crippen LogP contribution in [0.3, 0.4) is 0 Å². The predicted octanol–water partition coefficient (Wildman–Crippen LogP) is 1.01. The lowest BCUT2D eigenvalue weighted by atomic mass is 10.1. The number of β-amino-alcohol motifs (C(OH)–C–C–N with tert-alkyl or cyclic N) is 1. The maximum Gasteiger partial charge on any atom is 0.292 e. The molecule has 1 heterocycles. The van der Waals surface area contributed by atoms with Crippen molar-refractivity contribution < 1.29 is 14.8 Å². The Morgan fingerprint density at radius 3 is 2.86 bits per heavy atom. The van der Waals surface area contributed by atoms with Gasteiger partial charge in [-0.15, -0.1) is 0 Å². The number of aliphatic hydroxyl groups excluding tert-OH is 1. The van der Waals surface area contributed by atoms with Crippen molar-refractivity contribution in [1.82, 2.24) is 4.90 Å². The second kappa shape index (κ2) is 7.35. The Morgan fingerprint density at radius 2 is 2.19 bits per heavy atom. The maximum absolute atomic E-state index is 11.0. The van der Waals surface area contributed by atoms with E-state index in [0.29, 0.717) is 25.4 Å². The first-order chi connectivity index (χ1) is 10.1. The third-order valence-electron chi connectivity index (χ3n) is 3.53. The first-order valence-corrected chi connectivity index (χ1v) is 7.04. The molecule has 0 amide bonds. The normalized spacial score (nSPS) is 17.4. The van der Waals surface area contributed by atoms with Crippen molar-refractivity contribution in [2.24, 2.45) is 0 Å². The van der Waals surface area contributed by atoms with Crippen LogP contribution in [0.5, 0.6) is 0 Å². The van der Waals surface area contributed by atoms with Gasteiger partial charge in [-0.2, -0.15) is 0 Å². The number of benzene rings is 1. The van der Waals surface area contributed by atoms with E-state index in [1.54, 1.807) is 6.07 Å². The highest BCUT2D eigenvalue weighted by molar-refractivity contribution is 5.65. The number of anilines is 1. The van der Waals surface area contributed by atoms with Gasteiger partial charge >= 0.3 is 0 Å². The molecule has 0 aromatic heterocycles. The third-order valence-corrected chi connectivity index (χ3v) is 3.53. The van der Waals surface area contributed by atoms with E-state index in [9.17, 15) is 15.2 Å². The molecule has 116 valence electrons. The largest absolute Gasteiger partial charge is 0.390 e. The minimum Gasteiger partial charge on any atom is -0.390 e. The van der Waals surface area contributed by atoms with Crippen molar-refractivity contribution in [2.45, 2.75) is 13.0 Å². The highest BCUT2D eigenvalue weighted by Crippen LogP contribution is 2.27. The average molecular weight is 295 g/mol. The number of rotatable bonds is 6. The van der Waals surface area contributed by atoms with E-state index in [1.165, 1.54) is 6.07 Å². The molecule has 0 bridgehead atoms. The first-order valence-electron chi connectivity index (χ1n) is 7.04. The topological polar surface area (TPSA) is 87.9 Å². The Hall–Kier alpha value is -1.70. The van der Waals surface area contributed by atoms with Crippen LogP contribution in [0.2, 0.25) is 0 Å². The summed E-state index contributed by atoms with van der Waals surface area (Å²) in [6.07, 6.45) is -0.581. The molecule has 1 aliphatic heterocycles. The summed E-state index contributed by atoms with van der Waals surface area (Å²) in [6.45, 7) is 5.61. The summed E-state index contributed by atoms with van der Waals surface area (Å²) in [7, 11) is 0. The van der Waals surface area contributed by atoms with Crippen LogP contribution in [-0.4, -0.2) is 60.4 Å². The third kappa shape index (κ3) is 4.38. The van der Waals surface area contributed by atoms with Crippen molar-refractivity contribution in [1.29, 1.82) is 0 Å². The molecule has 0 radical (unpaired) electrons. The number of aryl methyl sites for hydroxylation is 1. The zero-order chi connectivity index (χ0) is 15.2. The van der Waals surface area contributed by atoms with E-state index in [0.717, 1.165) is 18.7 Å². The molecule has 1 fully saturated rings. The van der Waals surface area contributed by atoms with Crippen molar-refractivity contribution in [2.75, 3.05) is 44.7 Å². The van der Waals surface area contributed by atoms with Crippen LogP contribution in [0.4, 0.5) is 11.4 Å². The Balaban J connectivity index is 1.91. The molecule has 2 N–H and O–H groups in total. The molecule has 0 spiro atoms. The van der Waals surface area contributed by atoms with Crippen molar-refractivity contribution in [3.05, 3.63) is 33.9 Å². The Bertz CT molecular complexity index is 489. The standard InChI is InChI=1S/C14H21N3O4/c1-11-3-2-4-13(17(19)20)14(11)15-9-12(18)10-16-5-7-21-8-6-16/h2-4,12,15,18H,5-10H2,1H3. The first kappa shape index (κ1) is 15.7. The van der Waals surface area contributed by atoms with Crippen LogP contribution in [0.1, 0.15) is 5.56 Å². The number of hydrogen-bond donors (Lipinski definition) is 2. The number of ether oxygens (including phenoxy) is 1. The van der Waals surface area contributed by atoms with Gasteiger partial charge in [0, 0.05) is 32.2 Å². The molecule has 7 nitrogen and oxygen atoms in total. The molecule has 1 saturated heterocycles. The SMILES string of the molecule is Cc1cccc([N+](=O)[O-])c1NCC(O)CN1CCOCC1. The molecule has 1 aromatic carbocycles. The smallest absolute Gasteiger partial charge is 0.292 e. The molecule has 0 aliphatic carbocycles. The average Bonchev–Trinajstić information content (AvgIpc) is 2.46. The van der Waals surface area contributed by atoms with E-state index in [4.69, 9.17) is 4.74 Å². The van der Waals surface area contributed by atoms with Crippen LogP contribution < -0.4 is 5.32 Å². The number of nitro benzene ring substituents is 1. The van der Waals surface area contributed by atoms with Crippen LogP contribution in [0, 0.1) is 17.0 Å². The lowest BCUT2D eigenvalue weighted by Crippen LogP contribution is -2.42. The summed E-state index contributed by atoms with van der Waals surface area (Å²) >= 11 is 0. The lowest BCUT2D eigenvalue weighted by Gasteiger charge is -2.28. The highest BCUT2D eigenvalue weighted by atomic mass is 16.6. The zero-order valence-electron chi connectivity index (χ0n) is 12.1. The fraction of sp³-hybridized carbons (Fsp3) is 0.571. The number of morpholine rings is 1. The summed E-state index contributed by atoms with van der Waals surface area (Å²) < 4.78 is 5.25.